The maximum Gasteiger partial charge on any atom is 0.363 e. The SMILES string of the molecule is COc1ccc(C)cc1/C=C1/N=C(CCc2ccccc2F)OC1=O. The van der Waals surface area contributed by atoms with E-state index in [1.54, 1.807) is 31.4 Å². The first-order valence-corrected chi connectivity index (χ1v) is 7.96. The van der Waals surface area contributed by atoms with Crippen LogP contribution < -0.4 is 4.74 Å². The second-order valence-electron chi connectivity index (χ2n) is 5.76. The molecule has 3 rings (SSSR count). The van der Waals surface area contributed by atoms with E-state index in [9.17, 15) is 9.18 Å². The molecule has 128 valence electrons. The molecule has 0 N–H and O–H groups in total. The van der Waals surface area contributed by atoms with Crippen LogP contribution in [-0.2, 0) is 16.0 Å². The monoisotopic (exact) mass is 339 g/mol. The van der Waals surface area contributed by atoms with E-state index >= 15 is 0 Å². The molecule has 1 aliphatic heterocycles. The van der Waals surface area contributed by atoms with E-state index in [-0.39, 0.29) is 11.5 Å². The summed E-state index contributed by atoms with van der Waals surface area (Å²) in [5, 5.41) is 0. The number of aryl methyl sites for hydroxylation is 2. The van der Waals surface area contributed by atoms with Gasteiger partial charge in [0.1, 0.15) is 11.6 Å². The summed E-state index contributed by atoms with van der Waals surface area (Å²) < 4.78 is 24.1. The van der Waals surface area contributed by atoms with Gasteiger partial charge in [-0.2, -0.15) is 0 Å². The fourth-order valence-corrected chi connectivity index (χ4v) is 2.62. The summed E-state index contributed by atoms with van der Waals surface area (Å²) in [6, 6.07) is 12.2. The number of aliphatic imine (C=N–C) groups is 1. The van der Waals surface area contributed by atoms with E-state index in [0.29, 0.717) is 30.1 Å². The minimum atomic E-state index is -0.507. The van der Waals surface area contributed by atoms with Gasteiger partial charge in [0.2, 0.25) is 0 Å². The quantitative estimate of drug-likeness (QED) is 0.609. The van der Waals surface area contributed by atoms with Gasteiger partial charge in [0.15, 0.2) is 11.6 Å². The summed E-state index contributed by atoms with van der Waals surface area (Å²) in [7, 11) is 1.57. The van der Waals surface area contributed by atoms with E-state index in [2.05, 4.69) is 4.99 Å². The van der Waals surface area contributed by atoms with Crippen LogP contribution in [0.15, 0.2) is 53.2 Å². The summed E-state index contributed by atoms with van der Waals surface area (Å²) in [4.78, 5) is 16.3. The molecular weight excluding hydrogens is 321 g/mol. The standard InChI is InChI=1S/C20H18FNO3/c1-13-7-9-18(24-2)15(11-13)12-17-20(23)25-19(22-17)10-8-14-5-3-4-6-16(14)21/h3-7,9,11-12H,8,10H2,1-2H3/b17-12+. The Morgan fingerprint density at radius 1 is 1.20 bits per heavy atom. The van der Waals surface area contributed by atoms with Crippen molar-refractivity contribution in [3.05, 3.63) is 70.7 Å². The van der Waals surface area contributed by atoms with Gasteiger partial charge in [0, 0.05) is 12.0 Å². The molecule has 0 fully saturated rings. The Bertz CT molecular complexity index is 871. The lowest BCUT2D eigenvalue weighted by molar-refractivity contribution is -0.130. The third-order valence-electron chi connectivity index (χ3n) is 3.91. The summed E-state index contributed by atoms with van der Waals surface area (Å²) >= 11 is 0. The number of nitrogens with zero attached hydrogens (tertiary/aromatic N) is 1. The first-order chi connectivity index (χ1) is 12.1. The number of methoxy groups -OCH3 is 1. The summed E-state index contributed by atoms with van der Waals surface area (Å²) in [5.74, 6) is 0.173. The van der Waals surface area contributed by atoms with Crippen molar-refractivity contribution >= 4 is 17.9 Å². The molecule has 0 aliphatic carbocycles. The highest BCUT2D eigenvalue weighted by Crippen LogP contribution is 2.25. The number of rotatable bonds is 5. The number of esters is 1. The van der Waals surface area contributed by atoms with Crippen LogP contribution in [0.4, 0.5) is 4.39 Å². The molecule has 0 bridgehead atoms. The zero-order valence-corrected chi connectivity index (χ0v) is 14.1. The lowest BCUT2D eigenvalue weighted by Crippen LogP contribution is -2.05. The molecule has 0 amide bonds. The van der Waals surface area contributed by atoms with Gasteiger partial charge < -0.3 is 9.47 Å². The highest BCUT2D eigenvalue weighted by atomic mass is 19.1. The fourth-order valence-electron chi connectivity index (χ4n) is 2.62. The number of carbonyl (C=O) groups excluding carboxylic acids is 1. The van der Waals surface area contributed by atoms with E-state index in [4.69, 9.17) is 9.47 Å². The molecule has 0 atom stereocenters. The van der Waals surface area contributed by atoms with Crippen molar-refractivity contribution in [2.45, 2.75) is 19.8 Å². The second kappa shape index (κ2) is 7.30. The topological polar surface area (TPSA) is 47.9 Å². The molecule has 2 aromatic rings. The number of benzene rings is 2. The fraction of sp³-hybridized carbons (Fsp3) is 0.200. The number of carbonyl (C=O) groups is 1. The molecule has 1 aliphatic rings. The lowest BCUT2D eigenvalue weighted by atomic mass is 10.1. The van der Waals surface area contributed by atoms with Crippen LogP contribution in [0.1, 0.15) is 23.1 Å². The Morgan fingerprint density at radius 2 is 2.00 bits per heavy atom. The smallest absolute Gasteiger partial charge is 0.363 e. The lowest BCUT2D eigenvalue weighted by Gasteiger charge is -2.05. The van der Waals surface area contributed by atoms with Gasteiger partial charge in [-0.05, 0) is 43.2 Å². The van der Waals surface area contributed by atoms with Crippen LogP contribution in [0.3, 0.4) is 0 Å². The predicted octanol–water partition coefficient (Wildman–Crippen LogP) is 4.07. The summed E-state index contributed by atoms with van der Waals surface area (Å²) in [6.45, 7) is 1.96. The molecule has 0 radical (unpaired) electrons. The molecule has 0 spiro atoms. The molecule has 5 heteroatoms. The van der Waals surface area contributed by atoms with Gasteiger partial charge >= 0.3 is 5.97 Å². The Morgan fingerprint density at radius 3 is 2.76 bits per heavy atom. The third-order valence-corrected chi connectivity index (χ3v) is 3.91. The maximum atomic E-state index is 13.7. The third kappa shape index (κ3) is 3.94. The summed E-state index contributed by atoms with van der Waals surface area (Å²) in [6.07, 6.45) is 2.42. The number of halogens is 1. The van der Waals surface area contributed by atoms with E-state index < -0.39 is 5.97 Å². The van der Waals surface area contributed by atoms with Crippen molar-refractivity contribution in [2.75, 3.05) is 7.11 Å². The minimum Gasteiger partial charge on any atom is -0.496 e. The van der Waals surface area contributed by atoms with Gasteiger partial charge in [-0.1, -0.05) is 29.8 Å². The van der Waals surface area contributed by atoms with Gasteiger partial charge in [-0.3, -0.25) is 0 Å². The highest BCUT2D eigenvalue weighted by molar-refractivity contribution is 6.07. The van der Waals surface area contributed by atoms with Gasteiger partial charge in [-0.15, -0.1) is 0 Å². The Balaban J connectivity index is 1.78. The molecule has 0 unspecified atom stereocenters. The molecule has 2 aromatic carbocycles. The van der Waals surface area contributed by atoms with Crippen molar-refractivity contribution in [1.29, 1.82) is 0 Å². The van der Waals surface area contributed by atoms with Crippen molar-refractivity contribution in [1.82, 2.24) is 0 Å². The Labute approximate surface area is 145 Å². The first kappa shape index (κ1) is 16.9. The number of cyclic esters (lactones) is 1. The molecule has 0 aromatic heterocycles. The van der Waals surface area contributed by atoms with Gasteiger partial charge in [-0.25, -0.2) is 14.2 Å². The van der Waals surface area contributed by atoms with E-state index in [1.165, 1.54) is 6.07 Å². The average molecular weight is 339 g/mol. The van der Waals surface area contributed by atoms with Crippen LogP contribution in [0.5, 0.6) is 5.75 Å². The molecule has 25 heavy (non-hydrogen) atoms. The zero-order valence-electron chi connectivity index (χ0n) is 14.1. The second-order valence-corrected chi connectivity index (χ2v) is 5.76. The van der Waals surface area contributed by atoms with E-state index in [0.717, 1.165) is 11.1 Å². The van der Waals surface area contributed by atoms with Gasteiger partial charge in [0.25, 0.3) is 0 Å². The minimum absolute atomic E-state index is 0.215. The zero-order chi connectivity index (χ0) is 17.8. The molecule has 1 heterocycles. The predicted molar refractivity (Wildman–Crippen MR) is 94.0 cm³/mol. The van der Waals surface area contributed by atoms with Crippen molar-refractivity contribution < 1.29 is 18.7 Å². The van der Waals surface area contributed by atoms with Crippen molar-refractivity contribution in [3.63, 3.8) is 0 Å². The maximum absolute atomic E-state index is 13.7. The van der Waals surface area contributed by atoms with Crippen LogP contribution in [0.2, 0.25) is 0 Å². The number of ether oxygens (including phenoxy) is 2. The van der Waals surface area contributed by atoms with Crippen molar-refractivity contribution in [3.8, 4) is 5.75 Å². The normalized spacial score (nSPS) is 15.2. The van der Waals surface area contributed by atoms with Crippen LogP contribution in [-0.4, -0.2) is 19.0 Å². The average Bonchev–Trinajstić information content (AvgIpc) is 2.94. The van der Waals surface area contributed by atoms with E-state index in [1.807, 2.05) is 25.1 Å². The molecule has 4 nitrogen and oxygen atoms in total. The largest absolute Gasteiger partial charge is 0.496 e. The highest BCUT2D eigenvalue weighted by Gasteiger charge is 2.23. The van der Waals surface area contributed by atoms with Crippen LogP contribution in [0.25, 0.3) is 6.08 Å². The summed E-state index contributed by atoms with van der Waals surface area (Å²) in [5.41, 5.74) is 2.59. The first-order valence-electron chi connectivity index (χ1n) is 7.96. The van der Waals surface area contributed by atoms with Crippen LogP contribution >= 0.6 is 0 Å². The van der Waals surface area contributed by atoms with Gasteiger partial charge in [0.05, 0.1) is 7.11 Å². The number of hydrogen-bond acceptors (Lipinski definition) is 4. The van der Waals surface area contributed by atoms with Crippen molar-refractivity contribution in [2.24, 2.45) is 4.99 Å². The Hall–Kier alpha value is -2.95. The molecule has 0 saturated heterocycles. The Kier molecular flexibility index (Phi) is 4.93. The van der Waals surface area contributed by atoms with Crippen LogP contribution in [0, 0.1) is 12.7 Å². The molecule has 0 saturated carbocycles. The molecular formula is C20H18FNO3. The number of hydrogen-bond donors (Lipinski definition) is 0.